The number of aromatic nitrogens is 2. The molecule has 3 heteroatoms. The van der Waals surface area contributed by atoms with Crippen molar-refractivity contribution in [1.82, 2.24) is 9.97 Å². The van der Waals surface area contributed by atoms with E-state index in [9.17, 15) is 5.11 Å². The van der Waals surface area contributed by atoms with Crippen LogP contribution in [-0.2, 0) is 0 Å². The molecule has 6 rings (SSSR count). The number of rotatable bonds is 3. The fourth-order valence-electron chi connectivity index (χ4n) is 5.07. The van der Waals surface area contributed by atoms with Gasteiger partial charge in [-0.05, 0) is 78.6 Å². The summed E-state index contributed by atoms with van der Waals surface area (Å²) in [6.45, 7) is 4.18. The van der Waals surface area contributed by atoms with Gasteiger partial charge < -0.3 is 5.11 Å². The molecule has 6 aromatic rings. The van der Waals surface area contributed by atoms with Gasteiger partial charge in [0.05, 0.1) is 11.0 Å². The number of benzene rings is 4. The Bertz CT molecular complexity index is 1720. The van der Waals surface area contributed by atoms with Crippen LogP contribution < -0.4 is 0 Å². The van der Waals surface area contributed by atoms with E-state index in [1.54, 1.807) is 6.07 Å². The van der Waals surface area contributed by atoms with Crippen molar-refractivity contribution in [2.75, 3.05) is 0 Å². The van der Waals surface area contributed by atoms with Crippen LogP contribution in [0.1, 0.15) is 11.1 Å². The molecule has 0 aliphatic rings. The highest BCUT2D eigenvalue weighted by Gasteiger charge is 2.22. The van der Waals surface area contributed by atoms with Gasteiger partial charge in [-0.15, -0.1) is 0 Å². The zero-order valence-electron chi connectivity index (χ0n) is 19.7. The summed E-state index contributed by atoms with van der Waals surface area (Å²) < 4.78 is 0. The SMILES string of the molecule is Cc1cc(-c2c(O)ccc(-c3ccccc3)c2-c2cc(C)cc3cccnc23)c2ncccc2c1. The van der Waals surface area contributed by atoms with Crippen molar-refractivity contribution < 1.29 is 5.11 Å². The first-order chi connectivity index (χ1) is 17.1. The number of fused-ring (bicyclic) bond motifs is 2. The minimum Gasteiger partial charge on any atom is -0.507 e. The standard InChI is InChI=1S/C32H24N2O/c1-20-16-23-10-6-14-33-31(23)26(18-20)29-25(22-8-4-3-5-9-22)12-13-28(35)30(29)27-19-21(2)17-24-11-7-15-34-32(24)27/h3-19,35H,1-2H3. The lowest BCUT2D eigenvalue weighted by Crippen LogP contribution is -1.96. The Morgan fingerprint density at radius 2 is 1.11 bits per heavy atom. The van der Waals surface area contributed by atoms with Crippen LogP contribution in [0.5, 0.6) is 5.75 Å². The Hall–Kier alpha value is -4.50. The zero-order chi connectivity index (χ0) is 23.9. The Morgan fingerprint density at radius 3 is 1.71 bits per heavy atom. The van der Waals surface area contributed by atoms with Gasteiger partial charge in [-0.25, -0.2) is 0 Å². The largest absolute Gasteiger partial charge is 0.507 e. The minimum atomic E-state index is 0.225. The number of aryl methyl sites for hydroxylation is 2. The summed E-state index contributed by atoms with van der Waals surface area (Å²) in [5, 5.41) is 13.5. The van der Waals surface area contributed by atoms with E-state index in [0.29, 0.717) is 0 Å². The average Bonchev–Trinajstić information content (AvgIpc) is 2.88. The van der Waals surface area contributed by atoms with Crippen molar-refractivity contribution in [1.29, 1.82) is 0 Å². The molecular weight excluding hydrogens is 428 g/mol. The molecule has 0 atom stereocenters. The van der Waals surface area contributed by atoms with Gasteiger partial charge in [0.2, 0.25) is 0 Å². The highest BCUT2D eigenvalue weighted by atomic mass is 16.3. The van der Waals surface area contributed by atoms with E-state index >= 15 is 0 Å². The van der Waals surface area contributed by atoms with Crippen molar-refractivity contribution in [3.63, 3.8) is 0 Å². The summed E-state index contributed by atoms with van der Waals surface area (Å²) in [6, 6.07) is 30.8. The number of pyridine rings is 2. The average molecular weight is 453 g/mol. The second-order valence-electron chi connectivity index (χ2n) is 9.02. The molecule has 35 heavy (non-hydrogen) atoms. The number of hydrogen-bond donors (Lipinski definition) is 1. The number of aromatic hydroxyl groups is 1. The lowest BCUT2D eigenvalue weighted by molar-refractivity contribution is 0.477. The van der Waals surface area contributed by atoms with Gasteiger partial charge in [0.25, 0.3) is 0 Å². The van der Waals surface area contributed by atoms with Crippen LogP contribution in [0.3, 0.4) is 0 Å². The molecule has 0 unspecified atom stereocenters. The molecule has 0 aliphatic heterocycles. The zero-order valence-corrected chi connectivity index (χ0v) is 19.7. The molecule has 2 aromatic heterocycles. The first kappa shape index (κ1) is 21.1. The van der Waals surface area contributed by atoms with Crippen molar-refractivity contribution >= 4 is 21.8 Å². The maximum absolute atomic E-state index is 11.4. The first-order valence-electron chi connectivity index (χ1n) is 11.7. The molecule has 0 fully saturated rings. The van der Waals surface area contributed by atoms with Gasteiger partial charge in [-0.1, -0.05) is 48.5 Å². The number of phenols is 1. The van der Waals surface area contributed by atoms with Crippen molar-refractivity contribution in [2.24, 2.45) is 0 Å². The van der Waals surface area contributed by atoms with E-state index in [1.807, 2.05) is 48.8 Å². The van der Waals surface area contributed by atoms with E-state index in [-0.39, 0.29) is 5.75 Å². The van der Waals surface area contributed by atoms with E-state index in [2.05, 4.69) is 62.4 Å². The molecule has 1 N–H and O–H groups in total. The Balaban J connectivity index is 1.82. The summed E-state index contributed by atoms with van der Waals surface area (Å²) in [5.74, 6) is 0.225. The van der Waals surface area contributed by atoms with Crippen LogP contribution in [0.2, 0.25) is 0 Å². The van der Waals surface area contributed by atoms with Crippen LogP contribution in [-0.4, -0.2) is 15.1 Å². The maximum atomic E-state index is 11.4. The normalized spacial score (nSPS) is 11.3. The van der Waals surface area contributed by atoms with Crippen LogP contribution in [0, 0.1) is 13.8 Å². The highest BCUT2D eigenvalue weighted by molar-refractivity contribution is 6.09. The Morgan fingerprint density at radius 1 is 0.543 bits per heavy atom. The van der Waals surface area contributed by atoms with Gasteiger partial charge in [0.15, 0.2) is 0 Å². The molecule has 3 nitrogen and oxygen atoms in total. The fraction of sp³-hybridized carbons (Fsp3) is 0.0625. The summed E-state index contributed by atoms with van der Waals surface area (Å²) in [7, 11) is 0. The third kappa shape index (κ3) is 3.62. The predicted octanol–water partition coefficient (Wildman–Crippen LogP) is 8.11. The van der Waals surface area contributed by atoms with Gasteiger partial charge in [0.1, 0.15) is 5.75 Å². The predicted molar refractivity (Wildman–Crippen MR) is 144 cm³/mol. The van der Waals surface area contributed by atoms with Crippen molar-refractivity contribution in [2.45, 2.75) is 13.8 Å². The van der Waals surface area contributed by atoms with E-state index in [0.717, 1.165) is 66.3 Å². The maximum Gasteiger partial charge on any atom is 0.124 e. The molecular formula is C32H24N2O. The molecule has 0 aliphatic carbocycles. The first-order valence-corrected chi connectivity index (χ1v) is 11.7. The van der Waals surface area contributed by atoms with Crippen LogP contribution in [0.25, 0.3) is 55.2 Å². The lowest BCUT2D eigenvalue weighted by Gasteiger charge is -2.20. The molecule has 0 spiro atoms. The summed E-state index contributed by atoms with van der Waals surface area (Å²) in [5.41, 5.74) is 9.80. The number of hydrogen-bond acceptors (Lipinski definition) is 3. The minimum absolute atomic E-state index is 0.225. The third-order valence-electron chi connectivity index (χ3n) is 6.51. The second-order valence-corrected chi connectivity index (χ2v) is 9.02. The van der Waals surface area contributed by atoms with Gasteiger partial charge in [0, 0.05) is 45.4 Å². The number of nitrogens with zero attached hydrogens (tertiary/aromatic N) is 2. The molecule has 4 aromatic carbocycles. The molecule has 0 radical (unpaired) electrons. The smallest absolute Gasteiger partial charge is 0.124 e. The van der Waals surface area contributed by atoms with Crippen LogP contribution >= 0.6 is 0 Å². The van der Waals surface area contributed by atoms with Gasteiger partial charge in [-0.2, -0.15) is 0 Å². The number of phenolic OH excluding ortho intramolecular Hbond substituents is 1. The second kappa shape index (κ2) is 8.37. The van der Waals surface area contributed by atoms with E-state index < -0.39 is 0 Å². The Kier molecular flexibility index (Phi) is 5.04. The quantitative estimate of drug-likeness (QED) is 0.295. The Labute approximate surface area is 204 Å². The monoisotopic (exact) mass is 452 g/mol. The molecule has 168 valence electrons. The molecule has 2 heterocycles. The van der Waals surface area contributed by atoms with Gasteiger partial charge >= 0.3 is 0 Å². The van der Waals surface area contributed by atoms with Gasteiger partial charge in [-0.3, -0.25) is 9.97 Å². The van der Waals surface area contributed by atoms with E-state index in [4.69, 9.17) is 9.97 Å². The van der Waals surface area contributed by atoms with Crippen molar-refractivity contribution in [3.8, 4) is 39.1 Å². The lowest BCUT2D eigenvalue weighted by atomic mass is 9.84. The molecule has 0 amide bonds. The summed E-state index contributed by atoms with van der Waals surface area (Å²) in [6.07, 6.45) is 3.64. The van der Waals surface area contributed by atoms with Crippen LogP contribution in [0.4, 0.5) is 0 Å². The summed E-state index contributed by atoms with van der Waals surface area (Å²) >= 11 is 0. The topological polar surface area (TPSA) is 46.0 Å². The highest BCUT2D eigenvalue weighted by Crippen LogP contribution is 2.48. The van der Waals surface area contributed by atoms with Crippen LogP contribution in [0.15, 0.2) is 103 Å². The van der Waals surface area contributed by atoms with E-state index in [1.165, 1.54) is 0 Å². The third-order valence-corrected chi connectivity index (χ3v) is 6.51. The molecule has 0 saturated heterocycles. The summed E-state index contributed by atoms with van der Waals surface area (Å²) in [4.78, 5) is 9.51. The molecule has 0 saturated carbocycles. The fourth-order valence-corrected chi connectivity index (χ4v) is 5.07. The molecule has 0 bridgehead atoms. The van der Waals surface area contributed by atoms with Crippen molar-refractivity contribution in [3.05, 3.63) is 115 Å².